The van der Waals surface area contributed by atoms with E-state index in [-0.39, 0.29) is 18.9 Å². The average molecular weight is 429 g/mol. The third-order valence-corrected chi connectivity index (χ3v) is 4.65. The summed E-state index contributed by atoms with van der Waals surface area (Å²) < 4.78 is 18.3. The largest absolute Gasteiger partial charge is 0.445 e. The molecule has 0 saturated carbocycles. The van der Waals surface area contributed by atoms with E-state index in [2.05, 4.69) is 10.6 Å². The second-order valence-corrected chi connectivity index (χ2v) is 7.74. The molecule has 0 aliphatic carbocycles. The van der Waals surface area contributed by atoms with Crippen molar-refractivity contribution in [3.63, 3.8) is 0 Å². The number of hydrogen-bond acceptors (Lipinski definition) is 4. The third-order valence-electron chi connectivity index (χ3n) is 4.65. The summed E-state index contributed by atoms with van der Waals surface area (Å²) >= 11 is 0. The van der Waals surface area contributed by atoms with Crippen LogP contribution >= 0.6 is 0 Å². The summed E-state index contributed by atoms with van der Waals surface area (Å²) in [6, 6.07) is 16.3. The van der Waals surface area contributed by atoms with Crippen molar-refractivity contribution in [1.29, 1.82) is 0 Å². The zero-order chi connectivity index (χ0) is 22.6. The highest BCUT2D eigenvalue weighted by Gasteiger charge is 2.27. The highest BCUT2D eigenvalue weighted by atomic mass is 19.1. The lowest BCUT2D eigenvalue weighted by Gasteiger charge is -2.23. The molecule has 6 nitrogen and oxygen atoms in total. The first-order valence-corrected chi connectivity index (χ1v) is 10.3. The van der Waals surface area contributed by atoms with Gasteiger partial charge in [-0.2, -0.15) is 0 Å². The fraction of sp³-hybridized carbons (Fsp3) is 0.375. The molecule has 31 heavy (non-hydrogen) atoms. The number of alkyl halides is 1. The number of halogens is 1. The van der Waals surface area contributed by atoms with Crippen molar-refractivity contribution in [1.82, 2.24) is 10.6 Å². The Morgan fingerprint density at radius 1 is 0.871 bits per heavy atom. The fourth-order valence-electron chi connectivity index (χ4n) is 3.07. The molecule has 0 spiro atoms. The number of rotatable bonds is 11. The van der Waals surface area contributed by atoms with E-state index in [0.717, 1.165) is 11.1 Å². The Labute approximate surface area is 182 Å². The molecule has 0 saturated heterocycles. The van der Waals surface area contributed by atoms with Gasteiger partial charge in [0.25, 0.3) is 0 Å². The normalized spacial score (nSPS) is 12.6. The number of ketones is 1. The molecule has 0 aliphatic rings. The number of carbonyl (C=O) groups is 3. The molecule has 2 atom stereocenters. The Morgan fingerprint density at radius 2 is 1.45 bits per heavy atom. The Bertz CT molecular complexity index is 843. The minimum Gasteiger partial charge on any atom is -0.445 e. The molecular formula is C24H29FN2O4. The second kappa shape index (κ2) is 12.5. The second-order valence-electron chi connectivity index (χ2n) is 7.74. The van der Waals surface area contributed by atoms with Gasteiger partial charge in [-0.25, -0.2) is 9.18 Å². The first-order valence-electron chi connectivity index (χ1n) is 10.3. The third kappa shape index (κ3) is 8.58. The summed E-state index contributed by atoms with van der Waals surface area (Å²) in [6.45, 7) is 2.70. The average Bonchev–Trinajstić information content (AvgIpc) is 2.77. The quantitative estimate of drug-likeness (QED) is 0.573. The van der Waals surface area contributed by atoms with Crippen molar-refractivity contribution >= 4 is 17.8 Å². The highest BCUT2D eigenvalue weighted by molar-refractivity contribution is 5.92. The molecule has 0 bridgehead atoms. The highest BCUT2D eigenvalue weighted by Crippen LogP contribution is 2.09. The van der Waals surface area contributed by atoms with E-state index in [4.69, 9.17) is 4.74 Å². The van der Waals surface area contributed by atoms with Gasteiger partial charge in [-0.3, -0.25) is 9.59 Å². The van der Waals surface area contributed by atoms with Crippen LogP contribution in [-0.4, -0.2) is 36.5 Å². The predicted molar refractivity (Wildman–Crippen MR) is 116 cm³/mol. The van der Waals surface area contributed by atoms with E-state index < -0.39 is 36.5 Å². The maximum Gasteiger partial charge on any atom is 0.408 e. The van der Waals surface area contributed by atoms with E-state index in [1.54, 1.807) is 24.3 Å². The van der Waals surface area contributed by atoms with Crippen LogP contribution in [0, 0.1) is 5.92 Å². The minimum absolute atomic E-state index is 0.0691. The monoisotopic (exact) mass is 428 g/mol. The first-order chi connectivity index (χ1) is 14.9. The molecule has 2 amide bonds. The summed E-state index contributed by atoms with van der Waals surface area (Å²) in [4.78, 5) is 37.2. The molecule has 0 radical (unpaired) electrons. The lowest BCUT2D eigenvalue weighted by molar-refractivity contribution is -0.129. The van der Waals surface area contributed by atoms with E-state index in [0.29, 0.717) is 6.42 Å². The first kappa shape index (κ1) is 24.1. The molecule has 0 fully saturated rings. The van der Waals surface area contributed by atoms with E-state index in [9.17, 15) is 18.8 Å². The molecule has 0 aromatic heterocycles. The van der Waals surface area contributed by atoms with Crippen molar-refractivity contribution in [2.75, 3.05) is 6.67 Å². The standard InChI is InChI=1S/C24H29FN2O4/c1-17(2)13-21(27-24(30)31-16-19-11-7-4-8-12-19)23(29)26-20(22(28)15-25)14-18-9-5-3-6-10-18/h3-12,17,20-21H,13-16H2,1-2H3,(H,26,29)(H,27,30)/t20?,21-/m0/s1. The molecule has 0 aliphatic heterocycles. The van der Waals surface area contributed by atoms with Crippen LogP contribution in [0.1, 0.15) is 31.4 Å². The number of amides is 2. The molecule has 2 N–H and O–H groups in total. The summed E-state index contributed by atoms with van der Waals surface area (Å²) in [7, 11) is 0. The lowest BCUT2D eigenvalue weighted by atomic mass is 10.00. The Balaban J connectivity index is 2.01. The molecular weight excluding hydrogens is 399 g/mol. The predicted octanol–water partition coefficient (Wildman–Crippen LogP) is 3.59. The molecule has 2 aromatic rings. The Morgan fingerprint density at radius 3 is 2.00 bits per heavy atom. The number of carbonyl (C=O) groups excluding carboxylic acids is 3. The number of ether oxygens (including phenoxy) is 1. The van der Waals surface area contributed by atoms with Crippen LogP contribution in [0.2, 0.25) is 0 Å². The molecule has 2 aromatic carbocycles. The van der Waals surface area contributed by atoms with Crippen molar-refractivity contribution in [2.45, 2.75) is 45.4 Å². The van der Waals surface area contributed by atoms with E-state index in [1.165, 1.54) is 0 Å². The van der Waals surface area contributed by atoms with Crippen LogP contribution < -0.4 is 10.6 Å². The summed E-state index contributed by atoms with van der Waals surface area (Å²) in [5.41, 5.74) is 1.62. The minimum atomic E-state index is -1.18. The van der Waals surface area contributed by atoms with Gasteiger partial charge in [0.15, 0.2) is 5.78 Å². The van der Waals surface area contributed by atoms with Crippen molar-refractivity contribution in [2.24, 2.45) is 5.92 Å². The zero-order valence-corrected chi connectivity index (χ0v) is 17.8. The van der Waals surface area contributed by atoms with Gasteiger partial charge in [0.05, 0.1) is 6.04 Å². The van der Waals surface area contributed by atoms with E-state index >= 15 is 0 Å². The summed E-state index contributed by atoms with van der Waals surface area (Å²) in [5, 5.41) is 5.17. The summed E-state index contributed by atoms with van der Waals surface area (Å²) in [5.74, 6) is -1.17. The van der Waals surface area contributed by atoms with Gasteiger partial charge < -0.3 is 15.4 Å². The summed E-state index contributed by atoms with van der Waals surface area (Å²) in [6.07, 6.45) is -0.225. The van der Waals surface area contributed by atoms with Gasteiger partial charge in [0.2, 0.25) is 5.91 Å². The van der Waals surface area contributed by atoms with Gasteiger partial charge in [0.1, 0.15) is 19.3 Å². The van der Waals surface area contributed by atoms with Crippen LogP contribution in [0.4, 0.5) is 9.18 Å². The smallest absolute Gasteiger partial charge is 0.408 e. The molecule has 2 rings (SSSR count). The number of nitrogens with one attached hydrogen (secondary N) is 2. The van der Waals surface area contributed by atoms with Crippen LogP contribution in [0.25, 0.3) is 0 Å². The SMILES string of the molecule is CC(C)C[C@H](NC(=O)OCc1ccccc1)C(=O)NC(Cc1ccccc1)C(=O)CF. The van der Waals surface area contributed by atoms with Crippen LogP contribution in [0.5, 0.6) is 0 Å². The zero-order valence-electron chi connectivity index (χ0n) is 17.8. The van der Waals surface area contributed by atoms with Crippen LogP contribution in [0.15, 0.2) is 60.7 Å². The maximum absolute atomic E-state index is 13.1. The van der Waals surface area contributed by atoms with Gasteiger partial charge >= 0.3 is 6.09 Å². The van der Waals surface area contributed by atoms with Gasteiger partial charge in [-0.1, -0.05) is 74.5 Å². The molecule has 166 valence electrons. The van der Waals surface area contributed by atoms with Crippen molar-refractivity contribution in [3.05, 3.63) is 71.8 Å². The van der Waals surface area contributed by atoms with Gasteiger partial charge in [0, 0.05) is 0 Å². The lowest BCUT2D eigenvalue weighted by Crippen LogP contribution is -2.53. The molecule has 1 unspecified atom stereocenters. The Kier molecular flexibility index (Phi) is 9.68. The Hall–Kier alpha value is -3.22. The maximum atomic E-state index is 13.1. The topological polar surface area (TPSA) is 84.5 Å². The van der Waals surface area contributed by atoms with E-state index in [1.807, 2.05) is 50.2 Å². The molecule has 0 heterocycles. The van der Waals surface area contributed by atoms with Crippen LogP contribution in [0.3, 0.4) is 0 Å². The van der Waals surface area contributed by atoms with Crippen molar-refractivity contribution in [3.8, 4) is 0 Å². The molecule has 7 heteroatoms. The fourth-order valence-corrected chi connectivity index (χ4v) is 3.07. The van der Waals surface area contributed by atoms with Crippen LogP contribution in [-0.2, 0) is 27.4 Å². The van der Waals surface area contributed by atoms with Gasteiger partial charge in [-0.15, -0.1) is 0 Å². The number of hydrogen-bond donors (Lipinski definition) is 2. The van der Waals surface area contributed by atoms with Gasteiger partial charge in [-0.05, 0) is 29.9 Å². The number of alkyl carbamates (subject to hydrolysis) is 1. The number of benzene rings is 2. The van der Waals surface area contributed by atoms with Crippen molar-refractivity contribution < 1.29 is 23.5 Å². The number of Topliss-reactive ketones (excluding diaryl/α,β-unsaturated/α-hetero) is 1.